The van der Waals surface area contributed by atoms with Crippen LogP contribution in [0.5, 0.6) is 0 Å². The topological polar surface area (TPSA) is 138 Å². The van der Waals surface area contributed by atoms with E-state index >= 15 is 0 Å². The van der Waals surface area contributed by atoms with Crippen LogP contribution >= 0.6 is 0 Å². The maximum absolute atomic E-state index is 13.8. The van der Waals surface area contributed by atoms with Crippen molar-refractivity contribution < 1.29 is 33.8 Å². The van der Waals surface area contributed by atoms with Gasteiger partial charge in [0.05, 0.1) is 49.3 Å². The summed E-state index contributed by atoms with van der Waals surface area (Å²) in [4.78, 5) is 55.7. The van der Waals surface area contributed by atoms with Crippen molar-refractivity contribution in [3.8, 4) is 0 Å². The van der Waals surface area contributed by atoms with Gasteiger partial charge >= 0.3 is 0 Å². The van der Waals surface area contributed by atoms with Crippen molar-refractivity contribution in [3.63, 3.8) is 0 Å². The fourth-order valence-electron chi connectivity index (χ4n) is 6.35. The SMILES string of the molecule is CC[C@H](C)[C@@H]([C@@H](CC(=O)N1CCC[C@H]1[C@@H](CC(=O)N[C@H](C)[C@@H](O)c1ccccc1)OC)OC)N(C)C(=O)[C@@H](NC(C)=O)C(C)C. The second-order valence-corrected chi connectivity index (χ2v) is 12.7. The highest BCUT2D eigenvalue weighted by atomic mass is 16.5. The van der Waals surface area contributed by atoms with Crippen LogP contribution in [0, 0.1) is 11.8 Å². The zero-order valence-corrected chi connectivity index (χ0v) is 28.6. The first-order chi connectivity index (χ1) is 21.3. The molecule has 1 fully saturated rings. The summed E-state index contributed by atoms with van der Waals surface area (Å²) < 4.78 is 11.7. The van der Waals surface area contributed by atoms with Crippen molar-refractivity contribution in [1.82, 2.24) is 20.4 Å². The minimum atomic E-state index is -0.857. The number of hydrogen-bond donors (Lipinski definition) is 3. The van der Waals surface area contributed by atoms with Crippen molar-refractivity contribution in [2.75, 3.05) is 27.8 Å². The Morgan fingerprint density at radius 1 is 1.02 bits per heavy atom. The molecule has 1 aromatic rings. The fraction of sp³-hybridized carbons (Fsp3) is 0.706. The third-order valence-electron chi connectivity index (χ3n) is 9.11. The maximum Gasteiger partial charge on any atom is 0.245 e. The summed E-state index contributed by atoms with van der Waals surface area (Å²) in [5.41, 5.74) is 0.715. The molecule has 1 heterocycles. The summed E-state index contributed by atoms with van der Waals surface area (Å²) in [6.45, 7) is 11.5. The fourth-order valence-corrected chi connectivity index (χ4v) is 6.35. The largest absolute Gasteiger partial charge is 0.386 e. The zero-order valence-electron chi connectivity index (χ0n) is 28.6. The van der Waals surface area contributed by atoms with Crippen LogP contribution in [0.3, 0.4) is 0 Å². The maximum atomic E-state index is 13.8. The second kappa shape index (κ2) is 18.2. The van der Waals surface area contributed by atoms with Gasteiger partial charge in [0.15, 0.2) is 0 Å². The van der Waals surface area contributed by atoms with Crippen molar-refractivity contribution in [3.05, 3.63) is 35.9 Å². The van der Waals surface area contributed by atoms with Crippen molar-refractivity contribution in [2.45, 2.75) is 116 Å². The second-order valence-electron chi connectivity index (χ2n) is 12.7. The van der Waals surface area contributed by atoms with Crippen LogP contribution in [0.4, 0.5) is 0 Å². The molecule has 1 saturated heterocycles. The summed E-state index contributed by atoms with van der Waals surface area (Å²) in [6, 6.07) is 7.24. The van der Waals surface area contributed by atoms with Gasteiger partial charge in [-0.1, -0.05) is 64.4 Å². The van der Waals surface area contributed by atoms with E-state index in [1.54, 1.807) is 38.0 Å². The van der Waals surface area contributed by atoms with E-state index in [1.807, 2.05) is 58.0 Å². The Morgan fingerprint density at radius 2 is 1.67 bits per heavy atom. The normalized spacial score (nSPS) is 19.6. The van der Waals surface area contributed by atoms with Gasteiger partial charge in [-0.3, -0.25) is 19.2 Å². The van der Waals surface area contributed by atoms with Crippen LogP contribution in [-0.4, -0.2) is 103 Å². The predicted molar refractivity (Wildman–Crippen MR) is 173 cm³/mol. The average Bonchev–Trinajstić information content (AvgIpc) is 3.51. The molecule has 2 rings (SSSR count). The third kappa shape index (κ3) is 10.5. The first-order valence-corrected chi connectivity index (χ1v) is 16.2. The van der Waals surface area contributed by atoms with Crippen LogP contribution in [0.1, 0.15) is 85.3 Å². The molecule has 0 unspecified atom stereocenters. The first-order valence-electron chi connectivity index (χ1n) is 16.2. The third-order valence-corrected chi connectivity index (χ3v) is 9.11. The lowest BCUT2D eigenvalue weighted by atomic mass is 9.89. The number of amides is 4. The van der Waals surface area contributed by atoms with Crippen molar-refractivity contribution >= 4 is 23.6 Å². The number of rotatable bonds is 17. The van der Waals surface area contributed by atoms with E-state index in [-0.39, 0.29) is 54.3 Å². The summed E-state index contributed by atoms with van der Waals surface area (Å²) in [5.74, 6) is -1.01. The molecule has 1 aromatic carbocycles. The Balaban J connectivity index is 2.15. The molecular formula is C34H56N4O7. The molecule has 11 heteroatoms. The lowest BCUT2D eigenvalue weighted by molar-refractivity contribution is -0.146. The van der Waals surface area contributed by atoms with Gasteiger partial charge in [-0.05, 0) is 37.2 Å². The summed E-state index contributed by atoms with van der Waals surface area (Å²) >= 11 is 0. The van der Waals surface area contributed by atoms with Gasteiger partial charge in [0, 0.05) is 34.7 Å². The number of likely N-dealkylation sites (tertiary alicyclic amines) is 1. The summed E-state index contributed by atoms with van der Waals surface area (Å²) in [6.07, 6.45) is 0.342. The highest BCUT2D eigenvalue weighted by Gasteiger charge is 2.41. The number of likely N-dealkylation sites (N-methyl/N-ethyl adjacent to an activating group) is 1. The molecule has 0 saturated carbocycles. The molecule has 0 bridgehead atoms. The number of ether oxygens (including phenoxy) is 2. The molecule has 3 N–H and O–H groups in total. The number of carbonyl (C=O) groups is 4. The molecule has 4 amide bonds. The molecule has 0 radical (unpaired) electrons. The van der Waals surface area contributed by atoms with Gasteiger partial charge in [0.25, 0.3) is 0 Å². The average molecular weight is 633 g/mol. The van der Waals surface area contributed by atoms with Gasteiger partial charge in [-0.25, -0.2) is 0 Å². The van der Waals surface area contributed by atoms with E-state index in [2.05, 4.69) is 10.6 Å². The van der Waals surface area contributed by atoms with Crippen molar-refractivity contribution in [1.29, 1.82) is 0 Å². The predicted octanol–water partition coefficient (Wildman–Crippen LogP) is 3.06. The minimum absolute atomic E-state index is 0.0138. The number of carbonyl (C=O) groups excluding carboxylic acids is 4. The van der Waals surface area contributed by atoms with E-state index in [0.29, 0.717) is 18.5 Å². The number of aliphatic hydroxyl groups excluding tert-OH is 1. The Bertz CT molecular complexity index is 1100. The van der Waals surface area contributed by atoms with Crippen LogP contribution in [0.15, 0.2) is 30.3 Å². The first kappa shape index (κ1) is 38.2. The lowest BCUT2D eigenvalue weighted by Crippen LogP contribution is -2.57. The number of nitrogens with zero attached hydrogens (tertiary/aromatic N) is 2. The van der Waals surface area contributed by atoms with Gasteiger partial charge in [-0.2, -0.15) is 0 Å². The van der Waals surface area contributed by atoms with Gasteiger partial charge in [-0.15, -0.1) is 0 Å². The smallest absolute Gasteiger partial charge is 0.245 e. The van der Waals surface area contributed by atoms with Gasteiger partial charge in [0.1, 0.15) is 6.04 Å². The Morgan fingerprint density at radius 3 is 2.20 bits per heavy atom. The summed E-state index contributed by atoms with van der Waals surface area (Å²) in [5, 5.41) is 16.3. The van der Waals surface area contributed by atoms with Gasteiger partial charge < -0.3 is 35.0 Å². The molecule has 8 atom stereocenters. The number of benzene rings is 1. The monoisotopic (exact) mass is 632 g/mol. The van der Waals surface area contributed by atoms with Crippen LogP contribution in [-0.2, 0) is 28.7 Å². The van der Waals surface area contributed by atoms with E-state index in [0.717, 1.165) is 12.8 Å². The van der Waals surface area contributed by atoms with E-state index in [9.17, 15) is 24.3 Å². The minimum Gasteiger partial charge on any atom is -0.386 e. The zero-order chi connectivity index (χ0) is 33.8. The molecule has 254 valence electrons. The van der Waals surface area contributed by atoms with Crippen LogP contribution in [0.2, 0.25) is 0 Å². The number of methoxy groups -OCH3 is 2. The molecule has 45 heavy (non-hydrogen) atoms. The lowest BCUT2D eigenvalue weighted by Gasteiger charge is -2.40. The molecule has 0 aliphatic carbocycles. The molecule has 11 nitrogen and oxygen atoms in total. The Labute approximate surface area is 269 Å². The van der Waals surface area contributed by atoms with E-state index in [4.69, 9.17) is 9.47 Å². The highest BCUT2D eigenvalue weighted by molar-refractivity contribution is 5.87. The Kier molecular flexibility index (Phi) is 15.4. The number of nitrogens with one attached hydrogen (secondary N) is 2. The number of hydrogen-bond acceptors (Lipinski definition) is 7. The van der Waals surface area contributed by atoms with E-state index < -0.39 is 36.4 Å². The molecule has 0 spiro atoms. The molecule has 0 aromatic heterocycles. The standard InChI is InChI=1S/C34H56N4O7/c1-10-22(4)32(37(7)34(43)31(21(2)3)36-24(6)39)28(45-9)20-30(41)38-18-14-17-26(38)27(44-8)19-29(40)35-23(5)33(42)25-15-12-11-13-16-25/h11-13,15-16,21-23,26-28,31-33,42H,10,14,17-20H2,1-9H3,(H,35,40)(H,36,39)/t22-,23+,26-,27+,28+,31-,32-,33+/m0/s1. The molecular weight excluding hydrogens is 576 g/mol. The van der Waals surface area contributed by atoms with Crippen LogP contribution in [0.25, 0.3) is 0 Å². The molecule has 1 aliphatic heterocycles. The van der Waals surface area contributed by atoms with Gasteiger partial charge in [0.2, 0.25) is 23.6 Å². The van der Waals surface area contributed by atoms with Crippen LogP contribution < -0.4 is 10.6 Å². The molecule has 1 aliphatic rings. The highest BCUT2D eigenvalue weighted by Crippen LogP contribution is 2.28. The summed E-state index contributed by atoms with van der Waals surface area (Å²) in [7, 11) is 4.80. The quantitative estimate of drug-likeness (QED) is 0.240. The van der Waals surface area contributed by atoms with Crippen molar-refractivity contribution in [2.24, 2.45) is 11.8 Å². The Hall–Kier alpha value is -3.02. The van der Waals surface area contributed by atoms with E-state index in [1.165, 1.54) is 6.92 Å². The number of aliphatic hydroxyl groups is 1.